The van der Waals surface area contributed by atoms with Crippen molar-refractivity contribution < 1.29 is 19.1 Å². The predicted molar refractivity (Wildman–Crippen MR) is 95.5 cm³/mol. The lowest BCUT2D eigenvalue weighted by atomic mass is 9.89. The Morgan fingerprint density at radius 2 is 2.04 bits per heavy atom. The van der Waals surface area contributed by atoms with Gasteiger partial charge >= 0.3 is 5.97 Å². The first kappa shape index (κ1) is 18.3. The molecule has 0 aromatic heterocycles. The van der Waals surface area contributed by atoms with Crippen molar-refractivity contribution in [3.05, 3.63) is 11.8 Å². The molecule has 1 saturated carbocycles. The molecule has 1 aliphatic carbocycles. The van der Waals surface area contributed by atoms with Crippen LogP contribution in [0.1, 0.15) is 52.4 Å². The van der Waals surface area contributed by atoms with Crippen molar-refractivity contribution in [3.63, 3.8) is 0 Å². The zero-order valence-electron chi connectivity index (χ0n) is 14.8. The molecule has 0 spiro atoms. The first-order chi connectivity index (χ1) is 12.0. The average molecular weight is 366 g/mol. The lowest BCUT2D eigenvalue weighted by molar-refractivity contribution is -0.156. The Morgan fingerprint density at radius 3 is 2.72 bits per heavy atom. The SMILES string of the molecule is CCCC(=O)NC1C(=O)N2C(C(=O)OC3CCC(C)CC3)=CCS[C@@H]12. The van der Waals surface area contributed by atoms with E-state index in [1.165, 1.54) is 4.90 Å². The molecular weight excluding hydrogens is 340 g/mol. The van der Waals surface area contributed by atoms with Crippen LogP contribution >= 0.6 is 11.8 Å². The van der Waals surface area contributed by atoms with Gasteiger partial charge in [-0.3, -0.25) is 14.5 Å². The first-order valence-electron chi connectivity index (χ1n) is 9.16. The van der Waals surface area contributed by atoms with Gasteiger partial charge in [0.2, 0.25) is 5.91 Å². The molecule has 0 aromatic rings. The van der Waals surface area contributed by atoms with Crippen molar-refractivity contribution in [2.24, 2.45) is 5.92 Å². The number of nitrogens with zero attached hydrogens (tertiary/aromatic N) is 1. The van der Waals surface area contributed by atoms with E-state index in [0.717, 1.165) is 32.1 Å². The molecule has 2 atom stereocenters. The molecule has 0 bridgehead atoms. The highest BCUT2D eigenvalue weighted by Crippen LogP contribution is 2.38. The van der Waals surface area contributed by atoms with Crippen molar-refractivity contribution in [1.29, 1.82) is 0 Å². The summed E-state index contributed by atoms with van der Waals surface area (Å²) in [4.78, 5) is 38.2. The van der Waals surface area contributed by atoms with Gasteiger partial charge in [-0.25, -0.2) is 4.79 Å². The fraction of sp³-hybridized carbons (Fsp3) is 0.722. The predicted octanol–water partition coefficient (Wildman–Crippen LogP) is 2.19. The highest BCUT2D eigenvalue weighted by Gasteiger charge is 2.53. The van der Waals surface area contributed by atoms with E-state index < -0.39 is 12.0 Å². The zero-order chi connectivity index (χ0) is 18.0. The number of carbonyl (C=O) groups excluding carboxylic acids is 3. The summed E-state index contributed by atoms with van der Waals surface area (Å²) in [5, 5.41) is 2.58. The first-order valence-corrected chi connectivity index (χ1v) is 10.2. The summed E-state index contributed by atoms with van der Waals surface area (Å²) in [6, 6.07) is -0.531. The third kappa shape index (κ3) is 3.86. The second-order valence-corrected chi connectivity index (χ2v) is 8.25. The van der Waals surface area contributed by atoms with Crippen molar-refractivity contribution in [3.8, 4) is 0 Å². The molecule has 0 aromatic carbocycles. The second-order valence-electron chi connectivity index (χ2n) is 7.10. The fourth-order valence-corrected chi connectivity index (χ4v) is 4.76. The minimum Gasteiger partial charge on any atom is -0.458 e. The third-order valence-electron chi connectivity index (χ3n) is 5.09. The van der Waals surface area contributed by atoms with Crippen LogP contribution in [0.4, 0.5) is 0 Å². The average Bonchev–Trinajstić information content (AvgIpc) is 2.61. The number of hydrogen-bond acceptors (Lipinski definition) is 5. The maximum atomic E-state index is 12.5. The number of ether oxygens (including phenoxy) is 1. The number of nitrogens with one attached hydrogen (secondary N) is 1. The summed E-state index contributed by atoms with van der Waals surface area (Å²) in [6.45, 7) is 4.14. The Balaban J connectivity index is 1.58. The summed E-state index contributed by atoms with van der Waals surface area (Å²) < 4.78 is 5.64. The Kier molecular flexibility index (Phi) is 5.71. The van der Waals surface area contributed by atoms with E-state index in [-0.39, 0.29) is 23.3 Å². The topological polar surface area (TPSA) is 75.7 Å². The molecule has 2 aliphatic heterocycles. The van der Waals surface area contributed by atoms with E-state index in [0.29, 0.717) is 23.8 Å². The van der Waals surface area contributed by atoms with E-state index in [9.17, 15) is 14.4 Å². The minimum atomic E-state index is -0.531. The number of rotatable bonds is 5. The zero-order valence-corrected chi connectivity index (χ0v) is 15.6. The molecule has 138 valence electrons. The molecule has 6 nitrogen and oxygen atoms in total. The van der Waals surface area contributed by atoms with Gasteiger partial charge in [0.15, 0.2) is 0 Å². The van der Waals surface area contributed by atoms with Crippen LogP contribution in [-0.4, -0.2) is 46.0 Å². The Morgan fingerprint density at radius 1 is 1.32 bits per heavy atom. The molecule has 25 heavy (non-hydrogen) atoms. The Hall–Kier alpha value is -1.50. The number of carbonyl (C=O) groups is 3. The standard InChI is InChI=1S/C18H26N2O4S/c1-3-4-14(21)19-15-16(22)20-13(9-10-25-17(15)20)18(23)24-12-7-5-11(2)6-8-12/h9,11-12,15,17H,3-8,10H2,1-2H3,(H,19,21)/t11?,12?,15?,17-/m0/s1. The summed E-state index contributed by atoms with van der Waals surface area (Å²) in [6.07, 6.45) is 6.79. The largest absolute Gasteiger partial charge is 0.458 e. The van der Waals surface area contributed by atoms with Gasteiger partial charge in [-0.05, 0) is 44.1 Å². The number of esters is 1. The molecule has 3 aliphatic rings. The van der Waals surface area contributed by atoms with Crippen molar-refractivity contribution in [1.82, 2.24) is 10.2 Å². The highest BCUT2D eigenvalue weighted by molar-refractivity contribution is 8.00. The molecule has 1 unspecified atom stereocenters. The van der Waals surface area contributed by atoms with Gasteiger partial charge in [-0.15, -0.1) is 11.8 Å². The van der Waals surface area contributed by atoms with Gasteiger partial charge in [-0.1, -0.05) is 13.8 Å². The highest BCUT2D eigenvalue weighted by atomic mass is 32.2. The summed E-state index contributed by atoms with van der Waals surface area (Å²) >= 11 is 1.56. The molecule has 3 rings (SSSR count). The van der Waals surface area contributed by atoms with Crippen LogP contribution in [0.2, 0.25) is 0 Å². The van der Waals surface area contributed by atoms with E-state index in [4.69, 9.17) is 4.74 Å². The number of fused-ring (bicyclic) bond motifs is 1. The van der Waals surface area contributed by atoms with E-state index in [2.05, 4.69) is 12.2 Å². The van der Waals surface area contributed by atoms with E-state index in [1.807, 2.05) is 6.92 Å². The third-order valence-corrected chi connectivity index (χ3v) is 6.27. The lowest BCUT2D eigenvalue weighted by Crippen LogP contribution is -2.70. The maximum absolute atomic E-state index is 12.5. The van der Waals surface area contributed by atoms with Crippen LogP contribution < -0.4 is 5.32 Å². The number of amides is 2. The van der Waals surface area contributed by atoms with Gasteiger partial charge in [0.25, 0.3) is 5.91 Å². The Labute approximate surface area is 152 Å². The normalized spacial score (nSPS) is 31.5. The number of β-lactam (4-membered cyclic amide) rings is 1. The van der Waals surface area contributed by atoms with Gasteiger partial charge in [0.05, 0.1) is 0 Å². The molecular formula is C18H26N2O4S. The van der Waals surface area contributed by atoms with Crippen LogP contribution in [-0.2, 0) is 19.1 Å². The fourth-order valence-electron chi connectivity index (χ4n) is 3.56. The van der Waals surface area contributed by atoms with Crippen LogP contribution in [0.25, 0.3) is 0 Å². The molecule has 1 N–H and O–H groups in total. The van der Waals surface area contributed by atoms with Crippen molar-refractivity contribution >= 4 is 29.5 Å². The van der Waals surface area contributed by atoms with Gasteiger partial charge in [0.1, 0.15) is 23.2 Å². The van der Waals surface area contributed by atoms with Crippen LogP contribution in [0.5, 0.6) is 0 Å². The summed E-state index contributed by atoms with van der Waals surface area (Å²) in [5.74, 6) is 0.588. The molecule has 7 heteroatoms. The van der Waals surface area contributed by atoms with Crippen molar-refractivity contribution in [2.45, 2.75) is 69.9 Å². The van der Waals surface area contributed by atoms with Crippen LogP contribution in [0, 0.1) is 5.92 Å². The molecule has 2 heterocycles. The molecule has 0 radical (unpaired) electrons. The van der Waals surface area contributed by atoms with E-state index >= 15 is 0 Å². The number of hydrogen-bond donors (Lipinski definition) is 1. The lowest BCUT2D eigenvalue weighted by Gasteiger charge is -2.48. The van der Waals surface area contributed by atoms with Crippen molar-refractivity contribution in [2.75, 3.05) is 5.75 Å². The van der Waals surface area contributed by atoms with E-state index in [1.54, 1.807) is 17.8 Å². The molecule has 2 amide bonds. The minimum absolute atomic E-state index is 0.0472. The number of thioether (sulfide) groups is 1. The smallest absolute Gasteiger partial charge is 0.355 e. The Bertz CT molecular complexity index is 584. The van der Waals surface area contributed by atoms with Gasteiger partial charge in [-0.2, -0.15) is 0 Å². The quantitative estimate of drug-likeness (QED) is 0.596. The summed E-state index contributed by atoms with van der Waals surface area (Å²) in [5.41, 5.74) is 0.341. The van der Waals surface area contributed by atoms with Crippen LogP contribution in [0.15, 0.2) is 11.8 Å². The second kappa shape index (κ2) is 7.81. The van der Waals surface area contributed by atoms with Gasteiger partial charge < -0.3 is 10.1 Å². The monoisotopic (exact) mass is 366 g/mol. The maximum Gasteiger partial charge on any atom is 0.355 e. The summed E-state index contributed by atoms with van der Waals surface area (Å²) in [7, 11) is 0. The van der Waals surface area contributed by atoms with Gasteiger partial charge in [0, 0.05) is 12.2 Å². The molecule has 1 saturated heterocycles. The molecule has 2 fully saturated rings. The van der Waals surface area contributed by atoms with Crippen LogP contribution in [0.3, 0.4) is 0 Å².